The van der Waals surface area contributed by atoms with E-state index in [4.69, 9.17) is 9.47 Å². The highest BCUT2D eigenvalue weighted by Crippen LogP contribution is 2.31. The molecule has 2 aliphatic heterocycles. The van der Waals surface area contributed by atoms with Crippen molar-refractivity contribution in [2.24, 2.45) is 0 Å². The number of hydrogen-bond acceptors (Lipinski definition) is 7. The fraction of sp³-hybridized carbons (Fsp3) is 0.360. The van der Waals surface area contributed by atoms with E-state index in [9.17, 15) is 9.59 Å². The number of thioether (sulfide) groups is 1. The zero-order valence-electron chi connectivity index (χ0n) is 19.5. The molecule has 1 atom stereocenters. The van der Waals surface area contributed by atoms with Gasteiger partial charge in [0, 0.05) is 38.3 Å². The molecule has 1 saturated heterocycles. The average Bonchev–Trinajstić information content (AvgIpc) is 3.34. The minimum Gasteiger partial charge on any atom is -0.485 e. The quantitative estimate of drug-likeness (QED) is 0.488. The van der Waals surface area contributed by atoms with Gasteiger partial charge in [-0.3, -0.25) is 9.59 Å². The van der Waals surface area contributed by atoms with E-state index in [1.54, 1.807) is 15.9 Å². The van der Waals surface area contributed by atoms with Gasteiger partial charge in [0.1, 0.15) is 6.61 Å². The first-order chi connectivity index (χ1) is 17.1. The first kappa shape index (κ1) is 23.2. The Morgan fingerprint density at radius 1 is 0.943 bits per heavy atom. The molecule has 2 aliphatic rings. The van der Waals surface area contributed by atoms with Gasteiger partial charge in [-0.2, -0.15) is 0 Å². The summed E-state index contributed by atoms with van der Waals surface area (Å²) in [4.78, 5) is 29.3. The third-order valence-corrected chi connectivity index (χ3v) is 7.07. The molecule has 9 nitrogen and oxygen atoms in total. The molecule has 2 aromatic carbocycles. The van der Waals surface area contributed by atoms with E-state index in [-0.39, 0.29) is 24.2 Å². The summed E-state index contributed by atoms with van der Waals surface area (Å²) in [6.07, 6.45) is -0.665. The van der Waals surface area contributed by atoms with Crippen molar-refractivity contribution in [3.63, 3.8) is 0 Å². The van der Waals surface area contributed by atoms with Crippen LogP contribution in [0, 0.1) is 0 Å². The number of hydrogen-bond donors (Lipinski definition) is 0. The Balaban J connectivity index is 1.13. The lowest BCUT2D eigenvalue weighted by Crippen LogP contribution is -2.55. The summed E-state index contributed by atoms with van der Waals surface area (Å²) in [6.45, 7) is 4.87. The summed E-state index contributed by atoms with van der Waals surface area (Å²) in [7, 11) is 0. The van der Waals surface area contributed by atoms with Gasteiger partial charge in [-0.25, -0.2) is 0 Å². The third-order valence-electron chi connectivity index (χ3n) is 6.12. The molecule has 1 aromatic heterocycles. The van der Waals surface area contributed by atoms with Gasteiger partial charge in [-0.1, -0.05) is 54.2 Å². The van der Waals surface area contributed by atoms with E-state index in [1.807, 2.05) is 60.0 Å². The lowest BCUT2D eigenvalue weighted by atomic mass is 10.2. The zero-order valence-corrected chi connectivity index (χ0v) is 20.3. The van der Waals surface area contributed by atoms with Crippen LogP contribution in [0.5, 0.6) is 11.5 Å². The maximum Gasteiger partial charge on any atom is 0.267 e. The van der Waals surface area contributed by atoms with Gasteiger partial charge >= 0.3 is 0 Å². The molecule has 0 aliphatic carbocycles. The standard InChI is InChI=1S/C25H27N5O4S/c1-2-30-23(18-8-4-3-5-9-18)26-27-25(30)35-17-22(31)28-12-14-29(15-13-28)24(32)21-16-33-19-10-6-7-11-20(19)34-21/h3-11,21H,2,12-17H2,1H3/t21-/m1/s1. The van der Waals surface area contributed by atoms with Crippen molar-refractivity contribution in [3.05, 3.63) is 54.6 Å². The van der Waals surface area contributed by atoms with Crippen LogP contribution in [-0.4, -0.2) is 81.0 Å². The molecular formula is C25H27N5O4S. The maximum atomic E-state index is 12.9. The van der Waals surface area contributed by atoms with Gasteiger partial charge in [0.2, 0.25) is 12.0 Å². The van der Waals surface area contributed by atoms with Gasteiger partial charge in [-0.15, -0.1) is 10.2 Å². The van der Waals surface area contributed by atoms with Crippen molar-refractivity contribution < 1.29 is 19.1 Å². The van der Waals surface area contributed by atoms with Crippen molar-refractivity contribution in [3.8, 4) is 22.9 Å². The van der Waals surface area contributed by atoms with E-state index in [0.29, 0.717) is 44.2 Å². The second-order valence-corrected chi connectivity index (χ2v) is 9.22. The second kappa shape index (κ2) is 10.4. The van der Waals surface area contributed by atoms with Crippen LogP contribution in [0.15, 0.2) is 59.8 Å². The molecule has 3 heterocycles. The number of ether oxygens (including phenoxy) is 2. The minimum atomic E-state index is -0.665. The van der Waals surface area contributed by atoms with E-state index in [0.717, 1.165) is 16.5 Å². The molecule has 0 bridgehead atoms. The summed E-state index contributed by atoms with van der Waals surface area (Å²) in [5.41, 5.74) is 0.997. The summed E-state index contributed by atoms with van der Waals surface area (Å²) < 4.78 is 13.5. The number of nitrogens with zero attached hydrogens (tertiary/aromatic N) is 5. The normalized spacial score (nSPS) is 17.3. The zero-order chi connectivity index (χ0) is 24.2. The Kier molecular flexibility index (Phi) is 6.89. The highest BCUT2D eigenvalue weighted by Gasteiger charge is 2.33. The molecule has 0 spiro atoms. The van der Waals surface area contributed by atoms with Gasteiger partial charge in [-0.05, 0) is 19.1 Å². The fourth-order valence-corrected chi connectivity index (χ4v) is 5.13. The second-order valence-electron chi connectivity index (χ2n) is 8.28. The Bertz CT molecular complexity index is 1190. The number of carbonyl (C=O) groups is 2. The van der Waals surface area contributed by atoms with Crippen LogP contribution in [0.25, 0.3) is 11.4 Å². The van der Waals surface area contributed by atoms with Crippen molar-refractivity contribution in [2.75, 3.05) is 38.5 Å². The van der Waals surface area contributed by atoms with Gasteiger partial charge in [0.05, 0.1) is 5.75 Å². The highest BCUT2D eigenvalue weighted by atomic mass is 32.2. The van der Waals surface area contributed by atoms with E-state index >= 15 is 0 Å². The minimum absolute atomic E-state index is 0.0280. The molecule has 3 aromatic rings. The molecule has 0 saturated carbocycles. The molecule has 0 N–H and O–H groups in total. The number of piperazine rings is 1. The molecular weight excluding hydrogens is 466 g/mol. The van der Waals surface area contributed by atoms with Crippen LogP contribution >= 0.6 is 11.8 Å². The summed E-state index contributed by atoms with van der Waals surface area (Å²) in [6, 6.07) is 17.2. The van der Waals surface area contributed by atoms with Crippen LogP contribution in [0.3, 0.4) is 0 Å². The molecule has 0 radical (unpaired) electrons. The highest BCUT2D eigenvalue weighted by molar-refractivity contribution is 7.99. The fourth-order valence-electron chi connectivity index (χ4n) is 4.22. The van der Waals surface area contributed by atoms with Crippen LogP contribution in [-0.2, 0) is 16.1 Å². The molecule has 10 heteroatoms. The van der Waals surface area contributed by atoms with Gasteiger partial charge in [0.15, 0.2) is 22.5 Å². The average molecular weight is 494 g/mol. The van der Waals surface area contributed by atoms with Gasteiger partial charge < -0.3 is 23.8 Å². The number of para-hydroxylation sites is 2. The Hall–Kier alpha value is -3.53. The number of amides is 2. The summed E-state index contributed by atoms with van der Waals surface area (Å²) in [5, 5.41) is 9.37. The molecule has 5 rings (SSSR count). The van der Waals surface area contributed by atoms with Crippen LogP contribution in [0.1, 0.15) is 6.92 Å². The SMILES string of the molecule is CCn1c(SCC(=O)N2CCN(C(=O)[C@H]3COc4ccccc4O3)CC2)nnc1-c1ccccc1. The monoisotopic (exact) mass is 493 g/mol. The van der Waals surface area contributed by atoms with E-state index < -0.39 is 6.10 Å². The lowest BCUT2D eigenvalue weighted by Gasteiger charge is -2.37. The number of aromatic nitrogens is 3. The topological polar surface area (TPSA) is 89.8 Å². The van der Waals surface area contributed by atoms with Crippen molar-refractivity contribution >= 4 is 23.6 Å². The number of fused-ring (bicyclic) bond motifs is 1. The predicted octanol–water partition coefficient (Wildman–Crippen LogP) is 2.57. The molecule has 182 valence electrons. The maximum absolute atomic E-state index is 12.9. The first-order valence-corrected chi connectivity index (χ1v) is 12.7. The number of benzene rings is 2. The third kappa shape index (κ3) is 4.97. The lowest BCUT2D eigenvalue weighted by molar-refractivity contribution is -0.145. The summed E-state index contributed by atoms with van der Waals surface area (Å²) >= 11 is 1.39. The molecule has 2 amide bonds. The molecule has 1 fully saturated rings. The van der Waals surface area contributed by atoms with E-state index in [1.165, 1.54) is 11.8 Å². The number of carbonyl (C=O) groups excluding carboxylic acids is 2. The largest absolute Gasteiger partial charge is 0.485 e. The van der Waals surface area contributed by atoms with Crippen molar-refractivity contribution in [1.29, 1.82) is 0 Å². The van der Waals surface area contributed by atoms with Crippen molar-refractivity contribution in [1.82, 2.24) is 24.6 Å². The van der Waals surface area contributed by atoms with Crippen LogP contribution in [0.4, 0.5) is 0 Å². The number of rotatable bonds is 6. The molecule has 0 unspecified atom stereocenters. The Morgan fingerprint density at radius 2 is 1.63 bits per heavy atom. The smallest absolute Gasteiger partial charge is 0.267 e. The molecule has 35 heavy (non-hydrogen) atoms. The van der Waals surface area contributed by atoms with Crippen molar-refractivity contribution in [2.45, 2.75) is 24.7 Å². The first-order valence-electron chi connectivity index (χ1n) is 11.7. The Morgan fingerprint density at radius 3 is 2.37 bits per heavy atom. The Labute approximate surface area is 208 Å². The predicted molar refractivity (Wildman–Crippen MR) is 131 cm³/mol. The van der Waals surface area contributed by atoms with Gasteiger partial charge in [0.25, 0.3) is 5.91 Å². The summed E-state index contributed by atoms with van der Waals surface area (Å²) in [5.74, 6) is 2.23. The van der Waals surface area contributed by atoms with Crippen LogP contribution < -0.4 is 9.47 Å². The van der Waals surface area contributed by atoms with Crippen LogP contribution in [0.2, 0.25) is 0 Å². The van der Waals surface area contributed by atoms with E-state index in [2.05, 4.69) is 10.2 Å².